The fourth-order valence-electron chi connectivity index (χ4n) is 0.609. The van der Waals surface area contributed by atoms with Gasteiger partial charge in [-0.2, -0.15) is 0 Å². The molecular formula is C8H15NO. The minimum atomic E-state index is 0.244. The standard InChI is InChI=1S/C8H15NO/c1-3-4-6-9-8(2)5-7-10/h8-10H,5-7H2,1-2H3. The van der Waals surface area contributed by atoms with E-state index in [1.165, 1.54) is 0 Å². The van der Waals surface area contributed by atoms with Gasteiger partial charge in [-0.05, 0) is 20.3 Å². The highest BCUT2D eigenvalue weighted by Crippen LogP contribution is 1.85. The van der Waals surface area contributed by atoms with Gasteiger partial charge in [-0.15, -0.1) is 5.92 Å². The SMILES string of the molecule is CC#CCNC(C)CCO. The molecule has 10 heavy (non-hydrogen) atoms. The third-order valence-electron chi connectivity index (χ3n) is 1.28. The van der Waals surface area contributed by atoms with E-state index in [1.807, 2.05) is 13.8 Å². The van der Waals surface area contributed by atoms with E-state index in [-0.39, 0.29) is 6.61 Å². The van der Waals surface area contributed by atoms with Gasteiger partial charge in [-0.1, -0.05) is 5.92 Å². The first-order chi connectivity index (χ1) is 4.81. The average Bonchev–Trinajstić information content (AvgIpc) is 1.89. The smallest absolute Gasteiger partial charge is 0.0578 e. The summed E-state index contributed by atoms with van der Waals surface area (Å²) < 4.78 is 0. The first-order valence-corrected chi connectivity index (χ1v) is 3.55. The normalized spacial score (nSPS) is 11.9. The van der Waals surface area contributed by atoms with Crippen molar-refractivity contribution in [3.8, 4) is 11.8 Å². The summed E-state index contributed by atoms with van der Waals surface area (Å²) in [6.45, 7) is 4.82. The van der Waals surface area contributed by atoms with Gasteiger partial charge < -0.3 is 10.4 Å². The minimum Gasteiger partial charge on any atom is -0.396 e. The van der Waals surface area contributed by atoms with E-state index >= 15 is 0 Å². The Morgan fingerprint density at radius 3 is 2.80 bits per heavy atom. The van der Waals surface area contributed by atoms with E-state index in [4.69, 9.17) is 5.11 Å². The van der Waals surface area contributed by atoms with E-state index in [1.54, 1.807) is 0 Å². The molecule has 0 radical (unpaired) electrons. The van der Waals surface area contributed by atoms with Crippen LogP contribution in [0, 0.1) is 11.8 Å². The first-order valence-electron chi connectivity index (χ1n) is 3.55. The molecule has 0 amide bonds. The van der Waals surface area contributed by atoms with Crippen molar-refractivity contribution in [3.05, 3.63) is 0 Å². The molecule has 0 heterocycles. The average molecular weight is 141 g/mol. The summed E-state index contributed by atoms with van der Waals surface area (Å²) in [4.78, 5) is 0. The van der Waals surface area contributed by atoms with Crippen LogP contribution < -0.4 is 5.32 Å². The van der Waals surface area contributed by atoms with Crippen molar-refractivity contribution in [1.82, 2.24) is 5.32 Å². The highest BCUT2D eigenvalue weighted by Gasteiger charge is 1.95. The molecule has 0 saturated carbocycles. The lowest BCUT2D eigenvalue weighted by Gasteiger charge is -2.08. The second kappa shape index (κ2) is 6.60. The third-order valence-corrected chi connectivity index (χ3v) is 1.28. The molecule has 0 aromatic rings. The zero-order valence-electron chi connectivity index (χ0n) is 6.65. The molecular weight excluding hydrogens is 126 g/mol. The lowest BCUT2D eigenvalue weighted by Crippen LogP contribution is -2.27. The molecule has 0 aromatic carbocycles. The fraction of sp³-hybridized carbons (Fsp3) is 0.750. The molecule has 0 aliphatic carbocycles. The monoisotopic (exact) mass is 141 g/mol. The summed E-state index contributed by atoms with van der Waals surface area (Å²) in [5, 5.41) is 11.7. The van der Waals surface area contributed by atoms with E-state index in [0.717, 1.165) is 13.0 Å². The van der Waals surface area contributed by atoms with Gasteiger partial charge in [0.2, 0.25) is 0 Å². The van der Waals surface area contributed by atoms with E-state index in [0.29, 0.717) is 6.04 Å². The van der Waals surface area contributed by atoms with Gasteiger partial charge >= 0.3 is 0 Å². The van der Waals surface area contributed by atoms with Crippen molar-refractivity contribution in [2.75, 3.05) is 13.2 Å². The maximum absolute atomic E-state index is 8.52. The summed E-state index contributed by atoms with van der Waals surface area (Å²) in [7, 11) is 0. The lowest BCUT2D eigenvalue weighted by molar-refractivity contribution is 0.271. The molecule has 0 aliphatic rings. The lowest BCUT2D eigenvalue weighted by atomic mass is 10.2. The molecule has 2 heteroatoms. The Bertz CT molecular complexity index is 123. The Morgan fingerprint density at radius 2 is 2.30 bits per heavy atom. The van der Waals surface area contributed by atoms with E-state index in [2.05, 4.69) is 17.2 Å². The molecule has 0 aliphatic heterocycles. The molecule has 0 bridgehead atoms. The molecule has 2 nitrogen and oxygen atoms in total. The molecule has 0 spiro atoms. The Balaban J connectivity index is 3.18. The molecule has 1 unspecified atom stereocenters. The predicted molar refractivity (Wildman–Crippen MR) is 42.6 cm³/mol. The van der Waals surface area contributed by atoms with Crippen molar-refractivity contribution < 1.29 is 5.11 Å². The van der Waals surface area contributed by atoms with Gasteiger partial charge in [0.05, 0.1) is 6.54 Å². The quantitative estimate of drug-likeness (QED) is 0.554. The fourth-order valence-corrected chi connectivity index (χ4v) is 0.609. The van der Waals surface area contributed by atoms with Crippen molar-refractivity contribution in [3.63, 3.8) is 0 Å². The molecule has 0 saturated heterocycles. The summed E-state index contributed by atoms with van der Waals surface area (Å²) in [6.07, 6.45) is 0.797. The van der Waals surface area contributed by atoms with Crippen LogP contribution in [0.25, 0.3) is 0 Å². The molecule has 2 N–H and O–H groups in total. The van der Waals surface area contributed by atoms with Gasteiger partial charge in [0.15, 0.2) is 0 Å². The molecule has 58 valence electrons. The van der Waals surface area contributed by atoms with Crippen LogP contribution in [-0.4, -0.2) is 24.3 Å². The van der Waals surface area contributed by atoms with Crippen LogP contribution in [0.3, 0.4) is 0 Å². The van der Waals surface area contributed by atoms with Gasteiger partial charge in [-0.25, -0.2) is 0 Å². The van der Waals surface area contributed by atoms with Gasteiger partial charge in [0.25, 0.3) is 0 Å². The number of nitrogens with one attached hydrogen (secondary N) is 1. The van der Waals surface area contributed by atoms with Crippen molar-refractivity contribution in [2.45, 2.75) is 26.3 Å². The van der Waals surface area contributed by atoms with Crippen LogP contribution in [0.5, 0.6) is 0 Å². The number of hydrogen-bond donors (Lipinski definition) is 2. The molecule has 0 rings (SSSR count). The molecule has 0 fully saturated rings. The van der Waals surface area contributed by atoms with Crippen molar-refractivity contribution in [1.29, 1.82) is 0 Å². The van der Waals surface area contributed by atoms with Crippen LogP contribution in [0.15, 0.2) is 0 Å². The topological polar surface area (TPSA) is 32.3 Å². The number of aliphatic hydroxyl groups is 1. The summed E-state index contributed by atoms with van der Waals surface area (Å²) >= 11 is 0. The maximum Gasteiger partial charge on any atom is 0.0578 e. The third kappa shape index (κ3) is 5.61. The Kier molecular flexibility index (Phi) is 6.25. The maximum atomic E-state index is 8.52. The van der Waals surface area contributed by atoms with Crippen molar-refractivity contribution in [2.24, 2.45) is 0 Å². The number of hydrogen-bond acceptors (Lipinski definition) is 2. The van der Waals surface area contributed by atoms with Crippen LogP contribution in [0.2, 0.25) is 0 Å². The minimum absolute atomic E-state index is 0.244. The number of rotatable bonds is 4. The predicted octanol–water partition coefficient (Wildman–Crippen LogP) is 0.370. The zero-order chi connectivity index (χ0) is 7.82. The first kappa shape index (κ1) is 9.48. The van der Waals surface area contributed by atoms with Crippen LogP contribution in [-0.2, 0) is 0 Å². The van der Waals surface area contributed by atoms with E-state index in [9.17, 15) is 0 Å². The second-order valence-corrected chi connectivity index (χ2v) is 2.22. The van der Waals surface area contributed by atoms with E-state index < -0.39 is 0 Å². The summed E-state index contributed by atoms with van der Waals surface area (Å²) in [5.41, 5.74) is 0. The highest BCUT2D eigenvalue weighted by atomic mass is 16.3. The zero-order valence-corrected chi connectivity index (χ0v) is 6.65. The van der Waals surface area contributed by atoms with Gasteiger partial charge in [0, 0.05) is 12.6 Å². The Morgan fingerprint density at radius 1 is 1.60 bits per heavy atom. The Labute approximate surface area is 62.6 Å². The second-order valence-electron chi connectivity index (χ2n) is 2.22. The van der Waals surface area contributed by atoms with Crippen molar-refractivity contribution >= 4 is 0 Å². The van der Waals surface area contributed by atoms with Gasteiger partial charge in [0.1, 0.15) is 0 Å². The van der Waals surface area contributed by atoms with Crippen LogP contribution in [0.1, 0.15) is 20.3 Å². The van der Waals surface area contributed by atoms with Crippen LogP contribution >= 0.6 is 0 Å². The Hall–Kier alpha value is -0.520. The largest absolute Gasteiger partial charge is 0.396 e. The van der Waals surface area contributed by atoms with Gasteiger partial charge in [-0.3, -0.25) is 0 Å². The number of aliphatic hydroxyl groups excluding tert-OH is 1. The summed E-state index contributed by atoms with van der Waals surface area (Å²) in [6, 6.07) is 0.367. The highest BCUT2D eigenvalue weighted by molar-refractivity contribution is 4.97. The molecule has 0 aromatic heterocycles. The van der Waals surface area contributed by atoms with Crippen LogP contribution in [0.4, 0.5) is 0 Å². The summed E-state index contributed by atoms with van der Waals surface area (Å²) in [5.74, 6) is 5.68. The molecule has 1 atom stereocenters.